The summed E-state index contributed by atoms with van der Waals surface area (Å²) in [4.78, 5) is 7.29. The van der Waals surface area contributed by atoms with E-state index in [9.17, 15) is 0 Å². The molecule has 1 heterocycles. The van der Waals surface area contributed by atoms with Crippen LogP contribution in [0.5, 0.6) is 5.75 Å². The van der Waals surface area contributed by atoms with Gasteiger partial charge in [-0.3, -0.25) is 0 Å². The van der Waals surface area contributed by atoms with Crippen molar-refractivity contribution >= 4 is 15.9 Å². The monoisotopic (exact) mass is 280 g/mol. The summed E-state index contributed by atoms with van der Waals surface area (Å²) in [5, 5.41) is 0. The van der Waals surface area contributed by atoms with Crippen LogP contribution in [0, 0.1) is 0 Å². The number of aromatic amines is 1. The number of H-pyrrole nitrogens is 1. The molecule has 1 aromatic carbocycles. The van der Waals surface area contributed by atoms with E-state index in [0.29, 0.717) is 0 Å². The summed E-state index contributed by atoms with van der Waals surface area (Å²) in [7, 11) is 1.67. The van der Waals surface area contributed by atoms with Crippen molar-refractivity contribution in [2.75, 3.05) is 7.11 Å². The van der Waals surface area contributed by atoms with Crippen molar-refractivity contribution in [1.82, 2.24) is 9.97 Å². The summed E-state index contributed by atoms with van der Waals surface area (Å²) in [6.45, 7) is 0. The molecule has 0 radical (unpaired) electrons. The number of aryl methyl sites for hydroxylation is 2. The van der Waals surface area contributed by atoms with Gasteiger partial charge in [0.25, 0.3) is 0 Å². The van der Waals surface area contributed by atoms with Gasteiger partial charge in [0.05, 0.1) is 11.6 Å². The smallest absolute Gasteiger partial charge is 0.133 e. The lowest BCUT2D eigenvalue weighted by molar-refractivity contribution is 0.412. The number of nitrogens with one attached hydrogen (secondary N) is 1. The lowest BCUT2D eigenvalue weighted by atomic mass is 10.1. The van der Waals surface area contributed by atoms with Crippen LogP contribution in [0.1, 0.15) is 11.4 Å². The molecular weight excluding hydrogens is 268 g/mol. The zero-order valence-corrected chi connectivity index (χ0v) is 10.6. The zero-order valence-electron chi connectivity index (χ0n) is 9.03. The van der Waals surface area contributed by atoms with E-state index in [4.69, 9.17) is 4.74 Å². The summed E-state index contributed by atoms with van der Waals surface area (Å²) in [6.07, 6.45) is 5.51. The van der Waals surface area contributed by atoms with Crippen molar-refractivity contribution in [1.29, 1.82) is 0 Å². The second-order valence-corrected chi connectivity index (χ2v) is 4.36. The third kappa shape index (κ3) is 2.64. The number of halogens is 1. The van der Waals surface area contributed by atoms with Crippen molar-refractivity contribution in [2.45, 2.75) is 12.8 Å². The summed E-state index contributed by atoms with van der Waals surface area (Å²) in [6, 6.07) is 6.13. The van der Waals surface area contributed by atoms with Gasteiger partial charge in [-0.05, 0) is 40.0 Å². The summed E-state index contributed by atoms with van der Waals surface area (Å²) in [5.74, 6) is 1.88. The van der Waals surface area contributed by atoms with Crippen molar-refractivity contribution in [2.24, 2.45) is 0 Å². The standard InChI is InChI=1S/C12H13BrN2O/c1-16-11-4-2-9(8-10(11)13)3-5-12-14-6-7-15-12/h2,4,6-8H,3,5H2,1H3,(H,14,15). The van der Waals surface area contributed by atoms with E-state index in [1.807, 2.05) is 12.3 Å². The number of benzene rings is 1. The molecule has 0 spiro atoms. The largest absolute Gasteiger partial charge is 0.496 e. The Hall–Kier alpha value is -1.29. The minimum atomic E-state index is 0.863. The van der Waals surface area contributed by atoms with E-state index < -0.39 is 0 Å². The number of aromatic nitrogens is 2. The van der Waals surface area contributed by atoms with Gasteiger partial charge in [-0.2, -0.15) is 0 Å². The topological polar surface area (TPSA) is 37.9 Å². The highest BCUT2D eigenvalue weighted by atomic mass is 79.9. The average molecular weight is 281 g/mol. The molecule has 0 saturated heterocycles. The van der Waals surface area contributed by atoms with Gasteiger partial charge in [-0.15, -0.1) is 0 Å². The summed E-state index contributed by atoms with van der Waals surface area (Å²) in [5.41, 5.74) is 1.27. The van der Waals surface area contributed by atoms with Crippen LogP contribution >= 0.6 is 15.9 Å². The van der Waals surface area contributed by atoms with E-state index >= 15 is 0 Å². The van der Waals surface area contributed by atoms with Crippen LogP contribution in [-0.2, 0) is 12.8 Å². The van der Waals surface area contributed by atoms with Crippen molar-refractivity contribution in [3.05, 3.63) is 46.5 Å². The fourth-order valence-corrected chi connectivity index (χ4v) is 2.15. The van der Waals surface area contributed by atoms with E-state index in [1.165, 1.54) is 5.56 Å². The molecule has 1 aromatic heterocycles. The van der Waals surface area contributed by atoms with Crippen molar-refractivity contribution in [3.8, 4) is 5.75 Å². The fourth-order valence-electron chi connectivity index (χ4n) is 1.56. The highest BCUT2D eigenvalue weighted by Gasteiger charge is 2.02. The van der Waals surface area contributed by atoms with Crippen LogP contribution in [0.4, 0.5) is 0 Å². The maximum atomic E-state index is 5.18. The molecule has 84 valence electrons. The van der Waals surface area contributed by atoms with E-state index in [0.717, 1.165) is 28.9 Å². The number of ether oxygens (including phenoxy) is 1. The molecular formula is C12H13BrN2O. The molecule has 0 aliphatic rings. The molecule has 0 saturated carbocycles. The molecule has 0 unspecified atom stereocenters. The lowest BCUT2D eigenvalue weighted by Crippen LogP contribution is -1.94. The molecule has 0 aliphatic carbocycles. The number of rotatable bonds is 4. The van der Waals surface area contributed by atoms with E-state index in [1.54, 1.807) is 13.3 Å². The molecule has 0 fully saturated rings. The van der Waals surface area contributed by atoms with Gasteiger partial charge < -0.3 is 9.72 Å². The van der Waals surface area contributed by atoms with Gasteiger partial charge in [0.2, 0.25) is 0 Å². The van der Waals surface area contributed by atoms with Crippen LogP contribution in [0.25, 0.3) is 0 Å². The van der Waals surface area contributed by atoms with E-state index in [-0.39, 0.29) is 0 Å². The van der Waals surface area contributed by atoms with Crippen LogP contribution in [0.15, 0.2) is 35.1 Å². The molecule has 0 bridgehead atoms. The minimum absolute atomic E-state index is 0.863. The normalized spacial score (nSPS) is 10.4. The third-order valence-electron chi connectivity index (χ3n) is 2.42. The Labute approximate surface area is 103 Å². The summed E-state index contributed by atoms with van der Waals surface area (Å²) >= 11 is 3.48. The second kappa shape index (κ2) is 5.16. The molecule has 16 heavy (non-hydrogen) atoms. The first kappa shape index (κ1) is 11.2. The van der Waals surface area contributed by atoms with Crippen molar-refractivity contribution in [3.63, 3.8) is 0 Å². The first-order chi connectivity index (χ1) is 7.79. The maximum absolute atomic E-state index is 5.18. The zero-order chi connectivity index (χ0) is 11.4. The molecule has 2 aromatic rings. The Morgan fingerprint density at radius 2 is 2.25 bits per heavy atom. The molecule has 0 amide bonds. The van der Waals surface area contributed by atoms with Crippen LogP contribution in [0.3, 0.4) is 0 Å². The van der Waals surface area contributed by atoms with Gasteiger partial charge in [0.15, 0.2) is 0 Å². The Morgan fingerprint density at radius 3 is 2.88 bits per heavy atom. The quantitative estimate of drug-likeness (QED) is 0.935. The molecule has 3 nitrogen and oxygen atoms in total. The number of imidazole rings is 1. The minimum Gasteiger partial charge on any atom is -0.496 e. The molecule has 4 heteroatoms. The maximum Gasteiger partial charge on any atom is 0.133 e. The Bertz CT molecular complexity index is 454. The first-order valence-electron chi connectivity index (χ1n) is 5.10. The van der Waals surface area contributed by atoms with Crippen LogP contribution in [-0.4, -0.2) is 17.1 Å². The first-order valence-corrected chi connectivity index (χ1v) is 5.89. The summed E-state index contributed by atoms with van der Waals surface area (Å²) < 4.78 is 6.18. The average Bonchev–Trinajstić information content (AvgIpc) is 2.79. The Balaban J connectivity index is 2.02. The van der Waals surface area contributed by atoms with Crippen LogP contribution in [0.2, 0.25) is 0 Å². The molecule has 2 rings (SSSR count). The molecule has 0 aliphatic heterocycles. The van der Waals surface area contributed by atoms with Gasteiger partial charge in [-0.25, -0.2) is 4.98 Å². The number of hydrogen-bond acceptors (Lipinski definition) is 2. The van der Waals surface area contributed by atoms with Gasteiger partial charge >= 0.3 is 0 Å². The Kier molecular flexibility index (Phi) is 3.62. The predicted octanol–water partition coefficient (Wildman–Crippen LogP) is 2.97. The number of nitrogens with zero attached hydrogens (tertiary/aromatic N) is 1. The highest BCUT2D eigenvalue weighted by molar-refractivity contribution is 9.10. The van der Waals surface area contributed by atoms with Gasteiger partial charge in [0.1, 0.15) is 11.6 Å². The lowest BCUT2D eigenvalue weighted by Gasteiger charge is -2.05. The third-order valence-corrected chi connectivity index (χ3v) is 3.04. The number of methoxy groups -OCH3 is 1. The highest BCUT2D eigenvalue weighted by Crippen LogP contribution is 2.25. The SMILES string of the molecule is COc1ccc(CCc2ncc[nH]2)cc1Br. The molecule has 0 atom stereocenters. The van der Waals surface area contributed by atoms with Gasteiger partial charge in [0, 0.05) is 18.8 Å². The molecule has 1 N–H and O–H groups in total. The van der Waals surface area contributed by atoms with Crippen LogP contribution < -0.4 is 4.74 Å². The fraction of sp³-hybridized carbons (Fsp3) is 0.250. The Morgan fingerprint density at radius 1 is 1.38 bits per heavy atom. The predicted molar refractivity (Wildman–Crippen MR) is 66.7 cm³/mol. The second-order valence-electron chi connectivity index (χ2n) is 3.50. The van der Waals surface area contributed by atoms with Gasteiger partial charge in [-0.1, -0.05) is 6.07 Å². The van der Waals surface area contributed by atoms with E-state index in [2.05, 4.69) is 38.0 Å². The number of hydrogen-bond donors (Lipinski definition) is 1. The van der Waals surface area contributed by atoms with Crippen molar-refractivity contribution < 1.29 is 4.74 Å².